The smallest absolute Gasteiger partial charge is 0.404 e. The first-order valence-corrected chi connectivity index (χ1v) is 6.75. The van der Waals surface area contributed by atoms with Gasteiger partial charge in [0.15, 0.2) is 5.79 Å². The summed E-state index contributed by atoms with van der Waals surface area (Å²) in [4.78, 5) is 10.6. The van der Waals surface area contributed by atoms with E-state index in [4.69, 9.17) is 14.6 Å². The van der Waals surface area contributed by atoms with Gasteiger partial charge in [-0.25, -0.2) is 4.79 Å². The molecule has 1 aliphatic rings. The first kappa shape index (κ1) is 15.2. The molecule has 1 heterocycles. The molecular weight excluding hydrogens is 234 g/mol. The Hall–Kier alpha value is -0.810. The van der Waals surface area contributed by atoms with Gasteiger partial charge in [0.05, 0.1) is 12.1 Å². The van der Waals surface area contributed by atoms with E-state index in [1.165, 1.54) is 12.8 Å². The summed E-state index contributed by atoms with van der Waals surface area (Å²) in [6.07, 6.45) is 4.87. The second-order valence-corrected chi connectivity index (χ2v) is 5.01. The number of nitrogens with one attached hydrogen (secondary N) is 1. The van der Waals surface area contributed by atoms with Crippen LogP contribution < -0.4 is 5.32 Å². The third-order valence-corrected chi connectivity index (χ3v) is 3.62. The summed E-state index contributed by atoms with van der Waals surface area (Å²) in [5, 5.41) is 11.2. The van der Waals surface area contributed by atoms with Crippen LogP contribution in [-0.2, 0) is 9.47 Å². The first-order chi connectivity index (χ1) is 8.53. The summed E-state index contributed by atoms with van der Waals surface area (Å²) in [5.41, 5.74) is 0. The molecule has 0 aliphatic carbocycles. The van der Waals surface area contributed by atoms with E-state index in [9.17, 15) is 4.79 Å². The van der Waals surface area contributed by atoms with Gasteiger partial charge in [0.1, 0.15) is 0 Å². The Morgan fingerprint density at radius 3 is 2.89 bits per heavy atom. The van der Waals surface area contributed by atoms with Crippen LogP contribution in [0.4, 0.5) is 4.79 Å². The minimum absolute atomic E-state index is 0.0947. The SMILES string of the molecule is CCCCCC1(OC)CC[C@@H]([C@H](C)NC(=O)O)O1. The van der Waals surface area contributed by atoms with Gasteiger partial charge < -0.3 is 19.9 Å². The van der Waals surface area contributed by atoms with E-state index in [1.807, 2.05) is 6.92 Å². The molecule has 1 unspecified atom stereocenters. The Morgan fingerprint density at radius 2 is 2.33 bits per heavy atom. The third-order valence-electron chi connectivity index (χ3n) is 3.62. The van der Waals surface area contributed by atoms with Crippen molar-refractivity contribution in [2.45, 2.75) is 70.3 Å². The van der Waals surface area contributed by atoms with Gasteiger partial charge in [-0.2, -0.15) is 0 Å². The third kappa shape index (κ3) is 4.14. The summed E-state index contributed by atoms with van der Waals surface area (Å²) in [6.45, 7) is 3.99. The van der Waals surface area contributed by atoms with Gasteiger partial charge in [-0.15, -0.1) is 0 Å². The highest BCUT2D eigenvalue weighted by Crippen LogP contribution is 2.36. The minimum atomic E-state index is -1.01. The predicted molar refractivity (Wildman–Crippen MR) is 68.6 cm³/mol. The maximum atomic E-state index is 10.6. The molecule has 1 amide bonds. The molecular formula is C13H25NO4. The standard InChI is InChI=1S/C13H25NO4/c1-4-5-6-8-13(17-3)9-7-11(18-13)10(2)14-12(15)16/h10-11,14H,4-9H2,1-3H3,(H,15,16)/t10-,11-,13?/m0/s1. The summed E-state index contributed by atoms with van der Waals surface area (Å²) >= 11 is 0. The van der Waals surface area contributed by atoms with E-state index < -0.39 is 11.9 Å². The van der Waals surface area contributed by atoms with Gasteiger partial charge in [-0.1, -0.05) is 19.8 Å². The maximum Gasteiger partial charge on any atom is 0.404 e. The van der Waals surface area contributed by atoms with E-state index >= 15 is 0 Å². The van der Waals surface area contributed by atoms with E-state index in [-0.39, 0.29) is 12.1 Å². The number of carboxylic acid groups (broad SMARTS) is 1. The molecule has 1 fully saturated rings. The number of amides is 1. The Balaban J connectivity index is 2.47. The topological polar surface area (TPSA) is 67.8 Å². The molecule has 1 rings (SSSR count). The van der Waals surface area contributed by atoms with Crippen molar-refractivity contribution in [3.8, 4) is 0 Å². The molecule has 1 aliphatic heterocycles. The van der Waals surface area contributed by atoms with Crippen molar-refractivity contribution in [2.75, 3.05) is 7.11 Å². The zero-order chi connectivity index (χ0) is 13.6. The molecule has 0 aromatic heterocycles. The van der Waals surface area contributed by atoms with E-state index in [0.717, 1.165) is 25.7 Å². The van der Waals surface area contributed by atoms with Gasteiger partial charge in [0.2, 0.25) is 0 Å². The summed E-state index contributed by atoms with van der Waals surface area (Å²) in [6, 6.07) is -0.203. The number of hydrogen-bond acceptors (Lipinski definition) is 3. The van der Waals surface area contributed by atoms with Crippen molar-refractivity contribution in [3.05, 3.63) is 0 Å². The lowest BCUT2D eigenvalue weighted by molar-refractivity contribution is -0.219. The van der Waals surface area contributed by atoms with Crippen LogP contribution in [0.1, 0.15) is 52.4 Å². The normalized spacial score (nSPS) is 29.2. The molecule has 0 aromatic carbocycles. The quantitative estimate of drug-likeness (QED) is 0.690. The van der Waals surface area contributed by atoms with Gasteiger partial charge >= 0.3 is 6.09 Å². The monoisotopic (exact) mass is 259 g/mol. The van der Waals surface area contributed by atoms with Crippen molar-refractivity contribution in [3.63, 3.8) is 0 Å². The molecule has 106 valence electrons. The minimum Gasteiger partial charge on any atom is -0.465 e. The average Bonchev–Trinajstić information content (AvgIpc) is 2.74. The molecule has 0 bridgehead atoms. The van der Waals surface area contributed by atoms with Gasteiger partial charge in [-0.3, -0.25) is 0 Å². The molecule has 1 saturated heterocycles. The molecule has 0 spiro atoms. The van der Waals surface area contributed by atoms with E-state index in [1.54, 1.807) is 7.11 Å². The zero-order valence-electron chi connectivity index (χ0n) is 11.6. The number of carbonyl (C=O) groups is 1. The summed E-state index contributed by atoms with van der Waals surface area (Å²) in [7, 11) is 1.67. The highest BCUT2D eigenvalue weighted by Gasteiger charge is 2.42. The lowest BCUT2D eigenvalue weighted by atomic mass is 10.0. The molecule has 0 radical (unpaired) electrons. The van der Waals surface area contributed by atoms with Crippen molar-refractivity contribution in [1.29, 1.82) is 0 Å². The second kappa shape index (κ2) is 6.95. The number of ether oxygens (including phenoxy) is 2. The number of methoxy groups -OCH3 is 1. The van der Waals surface area contributed by atoms with Crippen LogP contribution in [0.2, 0.25) is 0 Å². The zero-order valence-corrected chi connectivity index (χ0v) is 11.6. The van der Waals surface area contributed by atoms with Crippen molar-refractivity contribution in [1.82, 2.24) is 5.32 Å². The van der Waals surface area contributed by atoms with Crippen LogP contribution >= 0.6 is 0 Å². The maximum absolute atomic E-state index is 10.6. The van der Waals surface area contributed by atoms with Crippen molar-refractivity contribution >= 4 is 6.09 Å². The van der Waals surface area contributed by atoms with Gasteiger partial charge in [0, 0.05) is 20.0 Å². The molecule has 2 N–H and O–H groups in total. The number of hydrogen-bond donors (Lipinski definition) is 2. The van der Waals surface area contributed by atoms with Crippen LogP contribution in [0.25, 0.3) is 0 Å². The highest BCUT2D eigenvalue weighted by atomic mass is 16.7. The van der Waals surface area contributed by atoms with Crippen LogP contribution in [-0.4, -0.2) is 36.2 Å². The summed E-state index contributed by atoms with van der Waals surface area (Å²) in [5.74, 6) is -0.506. The van der Waals surface area contributed by atoms with E-state index in [2.05, 4.69) is 12.2 Å². The second-order valence-electron chi connectivity index (χ2n) is 5.01. The van der Waals surface area contributed by atoms with Gasteiger partial charge in [-0.05, 0) is 19.8 Å². The lowest BCUT2D eigenvalue weighted by Gasteiger charge is -2.29. The largest absolute Gasteiger partial charge is 0.465 e. The van der Waals surface area contributed by atoms with Crippen molar-refractivity contribution < 1.29 is 19.4 Å². The summed E-state index contributed by atoms with van der Waals surface area (Å²) < 4.78 is 11.5. The fraction of sp³-hybridized carbons (Fsp3) is 0.923. The van der Waals surface area contributed by atoms with Crippen LogP contribution in [0, 0.1) is 0 Å². The fourth-order valence-corrected chi connectivity index (χ4v) is 2.48. The Labute approximate surface area is 109 Å². The van der Waals surface area contributed by atoms with Crippen LogP contribution in [0.15, 0.2) is 0 Å². The van der Waals surface area contributed by atoms with Gasteiger partial charge in [0.25, 0.3) is 0 Å². The lowest BCUT2D eigenvalue weighted by Crippen LogP contribution is -2.42. The molecule has 0 aromatic rings. The highest BCUT2D eigenvalue weighted by molar-refractivity contribution is 5.64. The van der Waals surface area contributed by atoms with Crippen LogP contribution in [0.5, 0.6) is 0 Å². The Bertz CT molecular complexity index is 272. The molecule has 3 atom stereocenters. The number of unbranched alkanes of at least 4 members (excludes halogenated alkanes) is 2. The predicted octanol–water partition coefficient (Wildman–Crippen LogP) is 2.74. The fourth-order valence-electron chi connectivity index (χ4n) is 2.48. The molecule has 5 nitrogen and oxygen atoms in total. The number of rotatable bonds is 7. The average molecular weight is 259 g/mol. The molecule has 18 heavy (non-hydrogen) atoms. The molecule has 0 saturated carbocycles. The Kier molecular flexibility index (Phi) is 5.88. The molecule has 5 heteroatoms. The van der Waals surface area contributed by atoms with E-state index in [0.29, 0.717) is 0 Å². The van der Waals surface area contributed by atoms with Crippen LogP contribution in [0.3, 0.4) is 0 Å². The van der Waals surface area contributed by atoms with Crippen molar-refractivity contribution in [2.24, 2.45) is 0 Å². The Morgan fingerprint density at radius 1 is 1.61 bits per heavy atom. The first-order valence-electron chi connectivity index (χ1n) is 6.75.